The highest BCUT2D eigenvalue weighted by molar-refractivity contribution is 7.98. The van der Waals surface area contributed by atoms with Gasteiger partial charge in [-0.3, -0.25) is 4.90 Å². The molecule has 1 heterocycles. The third-order valence-electron chi connectivity index (χ3n) is 4.18. The summed E-state index contributed by atoms with van der Waals surface area (Å²) in [5.74, 6) is 0.606. The van der Waals surface area contributed by atoms with E-state index in [0.29, 0.717) is 12.5 Å². The molecule has 1 aliphatic rings. The predicted octanol–water partition coefficient (Wildman–Crippen LogP) is 2.94. The molecule has 5 heteroatoms. The standard InChI is InChI=1S/C17H27N3OS/c1-3-18-17(21)19-12-14-8-10-20(11-9-14)13-15-6-4-5-7-16(15)22-2/h4-7,14H,3,8-13H2,1-2H3,(H2,18,19,21). The van der Waals surface area contributed by atoms with Crippen molar-refractivity contribution in [2.45, 2.75) is 31.2 Å². The summed E-state index contributed by atoms with van der Waals surface area (Å²) in [4.78, 5) is 15.3. The van der Waals surface area contributed by atoms with Crippen LogP contribution in [0, 0.1) is 5.92 Å². The Bertz CT molecular complexity index is 473. The molecule has 2 amide bonds. The van der Waals surface area contributed by atoms with Gasteiger partial charge in [-0.2, -0.15) is 0 Å². The van der Waals surface area contributed by atoms with Crippen molar-refractivity contribution < 1.29 is 4.79 Å². The maximum Gasteiger partial charge on any atom is 0.314 e. The van der Waals surface area contributed by atoms with Crippen LogP contribution in [0.4, 0.5) is 4.79 Å². The second-order valence-corrected chi connectivity index (χ2v) is 6.62. The van der Waals surface area contributed by atoms with Crippen LogP contribution in [-0.2, 0) is 6.54 Å². The first-order valence-corrected chi connectivity index (χ1v) is 9.31. The van der Waals surface area contributed by atoms with Gasteiger partial charge in [0, 0.05) is 24.5 Å². The maximum atomic E-state index is 11.4. The molecule has 0 radical (unpaired) electrons. The molecule has 1 aliphatic heterocycles. The fourth-order valence-corrected chi connectivity index (χ4v) is 3.49. The second kappa shape index (κ2) is 9.06. The number of hydrogen-bond acceptors (Lipinski definition) is 3. The van der Waals surface area contributed by atoms with Crippen LogP contribution < -0.4 is 10.6 Å². The minimum atomic E-state index is -0.0428. The number of rotatable bonds is 6. The molecule has 0 saturated carbocycles. The first kappa shape index (κ1) is 17.2. The third-order valence-corrected chi connectivity index (χ3v) is 5.02. The number of piperidine rings is 1. The lowest BCUT2D eigenvalue weighted by atomic mass is 9.96. The van der Waals surface area contributed by atoms with Gasteiger partial charge in [0.15, 0.2) is 0 Å². The molecular formula is C17H27N3OS. The molecule has 1 saturated heterocycles. The van der Waals surface area contributed by atoms with E-state index in [0.717, 1.165) is 39.0 Å². The first-order chi connectivity index (χ1) is 10.7. The van der Waals surface area contributed by atoms with Gasteiger partial charge < -0.3 is 10.6 Å². The summed E-state index contributed by atoms with van der Waals surface area (Å²) < 4.78 is 0. The van der Waals surface area contributed by atoms with Gasteiger partial charge in [0.05, 0.1) is 0 Å². The Morgan fingerprint density at radius 3 is 2.68 bits per heavy atom. The Balaban J connectivity index is 1.74. The van der Waals surface area contributed by atoms with Gasteiger partial charge >= 0.3 is 6.03 Å². The number of likely N-dealkylation sites (tertiary alicyclic amines) is 1. The van der Waals surface area contributed by atoms with Crippen molar-refractivity contribution in [1.29, 1.82) is 0 Å². The summed E-state index contributed by atoms with van der Waals surface area (Å²) in [5.41, 5.74) is 1.42. The zero-order valence-corrected chi connectivity index (χ0v) is 14.4. The van der Waals surface area contributed by atoms with Gasteiger partial charge in [-0.05, 0) is 56.7 Å². The van der Waals surface area contributed by atoms with Crippen LogP contribution >= 0.6 is 11.8 Å². The molecule has 2 rings (SSSR count). The van der Waals surface area contributed by atoms with E-state index in [4.69, 9.17) is 0 Å². The van der Waals surface area contributed by atoms with Crippen molar-refractivity contribution in [3.63, 3.8) is 0 Å². The summed E-state index contributed by atoms with van der Waals surface area (Å²) in [6, 6.07) is 8.61. The Kier molecular flexibility index (Phi) is 7.06. The molecule has 0 aliphatic carbocycles. The molecule has 0 aromatic heterocycles. The van der Waals surface area contributed by atoms with Crippen LogP contribution in [-0.4, -0.2) is 43.4 Å². The van der Waals surface area contributed by atoms with E-state index in [1.54, 1.807) is 0 Å². The van der Waals surface area contributed by atoms with E-state index in [1.165, 1.54) is 10.5 Å². The van der Waals surface area contributed by atoms with Gasteiger partial charge in [-0.15, -0.1) is 11.8 Å². The average Bonchev–Trinajstić information content (AvgIpc) is 2.55. The molecule has 0 bridgehead atoms. The third kappa shape index (κ3) is 5.21. The van der Waals surface area contributed by atoms with E-state index >= 15 is 0 Å². The lowest BCUT2D eigenvalue weighted by molar-refractivity contribution is 0.174. The second-order valence-electron chi connectivity index (χ2n) is 5.77. The van der Waals surface area contributed by atoms with Gasteiger partial charge in [-0.25, -0.2) is 4.79 Å². The van der Waals surface area contributed by atoms with Crippen LogP contribution in [0.1, 0.15) is 25.3 Å². The molecule has 1 aromatic rings. The van der Waals surface area contributed by atoms with Gasteiger partial charge in [0.25, 0.3) is 0 Å². The fraction of sp³-hybridized carbons (Fsp3) is 0.588. The van der Waals surface area contributed by atoms with Crippen molar-refractivity contribution in [3.8, 4) is 0 Å². The number of carbonyl (C=O) groups is 1. The number of hydrogen-bond donors (Lipinski definition) is 2. The zero-order valence-electron chi connectivity index (χ0n) is 13.6. The average molecular weight is 321 g/mol. The molecular weight excluding hydrogens is 294 g/mol. The molecule has 1 aromatic carbocycles. The van der Waals surface area contributed by atoms with Gasteiger partial charge in [-0.1, -0.05) is 18.2 Å². The number of nitrogens with zero attached hydrogens (tertiary/aromatic N) is 1. The zero-order chi connectivity index (χ0) is 15.8. The Morgan fingerprint density at radius 1 is 1.27 bits per heavy atom. The number of urea groups is 1. The highest BCUT2D eigenvalue weighted by Crippen LogP contribution is 2.24. The maximum absolute atomic E-state index is 11.4. The summed E-state index contributed by atoms with van der Waals surface area (Å²) in [6.07, 6.45) is 4.46. The number of carbonyl (C=O) groups excluding carboxylic acids is 1. The summed E-state index contributed by atoms with van der Waals surface area (Å²) in [6.45, 7) is 6.67. The van der Waals surface area contributed by atoms with E-state index in [2.05, 4.69) is 46.1 Å². The van der Waals surface area contributed by atoms with Crippen molar-refractivity contribution in [2.75, 3.05) is 32.4 Å². The van der Waals surface area contributed by atoms with Crippen LogP contribution in [0.3, 0.4) is 0 Å². The number of benzene rings is 1. The number of thioether (sulfide) groups is 1. The number of amides is 2. The van der Waals surface area contributed by atoms with Crippen LogP contribution in [0.5, 0.6) is 0 Å². The molecule has 1 fully saturated rings. The van der Waals surface area contributed by atoms with Gasteiger partial charge in [0.1, 0.15) is 0 Å². The Hall–Kier alpha value is -1.20. The largest absolute Gasteiger partial charge is 0.338 e. The molecule has 0 atom stereocenters. The molecule has 122 valence electrons. The van der Waals surface area contributed by atoms with E-state index in [1.807, 2.05) is 18.7 Å². The quantitative estimate of drug-likeness (QED) is 0.792. The summed E-state index contributed by atoms with van der Waals surface area (Å²) in [7, 11) is 0. The SMILES string of the molecule is CCNC(=O)NCC1CCN(Cc2ccccc2SC)CC1. The fourth-order valence-electron chi connectivity index (χ4n) is 2.88. The monoisotopic (exact) mass is 321 g/mol. The van der Waals surface area contributed by atoms with Crippen molar-refractivity contribution in [2.24, 2.45) is 5.92 Å². The highest BCUT2D eigenvalue weighted by Gasteiger charge is 2.20. The first-order valence-electron chi connectivity index (χ1n) is 8.09. The van der Waals surface area contributed by atoms with Crippen molar-refractivity contribution >= 4 is 17.8 Å². The van der Waals surface area contributed by atoms with Crippen molar-refractivity contribution in [3.05, 3.63) is 29.8 Å². The summed E-state index contributed by atoms with van der Waals surface area (Å²) >= 11 is 1.82. The summed E-state index contributed by atoms with van der Waals surface area (Å²) in [5, 5.41) is 5.74. The molecule has 4 nitrogen and oxygen atoms in total. The number of nitrogens with one attached hydrogen (secondary N) is 2. The van der Waals surface area contributed by atoms with Crippen LogP contribution in [0.25, 0.3) is 0 Å². The van der Waals surface area contributed by atoms with Crippen LogP contribution in [0.2, 0.25) is 0 Å². The highest BCUT2D eigenvalue weighted by atomic mass is 32.2. The van der Waals surface area contributed by atoms with Crippen molar-refractivity contribution in [1.82, 2.24) is 15.5 Å². The predicted molar refractivity (Wildman–Crippen MR) is 93.3 cm³/mol. The molecule has 0 spiro atoms. The molecule has 0 unspecified atom stereocenters. The van der Waals surface area contributed by atoms with E-state index in [-0.39, 0.29) is 6.03 Å². The minimum Gasteiger partial charge on any atom is -0.338 e. The van der Waals surface area contributed by atoms with Crippen LogP contribution in [0.15, 0.2) is 29.2 Å². The molecule has 22 heavy (non-hydrogen) atoms. The lowest BCUT2D eigenvalue weighted by Crippen LogP contribution is -2.41. The van der Waals surface area contributed by atoms with E-state index in [9.17, 15) is 4.79 Å². The normalized spacial score (nSPS) is 16.5. The lowest BCUT2D eigenvalue weighted by Gasteiger charge is -2.32. The van der Waals surface area contributed by atoms with Gasteiger partial charge in [0.2, 0.25) is 0 Å². The molecule has 2 N–H and O–H groups in total. The Morgan fingerprint density at radius 2 is 2.00 bits per heavy atom. The van der Waals surface area contributed by atoms with E-state index < -0.39 is 0 Å². The topological polar surface area (TPSA) is 44.4 Å². The smallest absolute Gasteiger partial charge is 0.314 e. The minimum absolute atomic E-state index is 0.0428. The Labute approximate surface area is 138 Å².